The molecule has 7 aromatic carbocycles. The minimum absolute atomic E-state index is 1.33. The normalized spacial score (nSPS) is 10.7. The number of benzene rings is 5. The molecule has 40 heavy (non-hydrogen) atoms. The van der Waals surface area contributed by atoms with Gasteiger partial charge in [-0.1, -0.05) is 55.3 Å². The van der Waals surface area contributed by atoms with Crippen LogP contribution < -0.4 is 0 Å². The van der Waals surface area contributed by atoms with Crippen molar-refractivity contribution < 1.29 is 24.2 Å². The summed E-state index contributed by atoms with van der Waals surface area (Å²) in [7, 11) is 0. The molecule has 0 saturated carbocycles. The third kappa shape index (κ3) is 6.38. The summed E-state index contributed by atoms with van der Waals surface area (Å²) in [5.41, 5.74) is 8.07. The molecule has 0 saturated heterocycles. The Morgan fingerprint density at radius 2 is 1.05 bits per heavy atom. The molecule has 0 radical (unpaired) electrons. The van der Waals surface area contributed by atoms with Gasteiger partial charge in [0.05, 0.1) is 0 Å². The van der Waals surface area contributed by atoms with E-state index in [2.05, 4.69) is 161 Å². The molecule has 0 aliphatic carbocycles. The van der Waals surface area contributed by atoms with Crippen molar-refractivity contribution in [3.8, 4) is 0 Å². The van der Waals surface area contributed by atoms with E-state index in [0.29, 0.717) is 0 Å². The minimum atomic E-state index is 1.33. The monoisotopic (exact) mass is 592 g/mol. The quantitative estimate of drug-likeness (QED) is 0.175. The van der Waals surface area contributed by atoms with Crippen molar-refractivity contribution in [3.63, 3.8) is 0 Å². The Morgan fingerprint density at radius 1 is 0.525 bits per heavy atom. The van der Waals surface area contributed by atoms with Gasteiger partial charge in [-0.2, -0.15) is 11.6 Å². The van der Waals surface area contributed by atoms with E-state index in [1.54, 1.807) is 0 Å². The topological polar surface area (TPSA) is 0 Å². The summed E-state index contributed by atoms with van der Waals surface area (Å²) in [4.78, 5) is 0. The van der Waals surface area contributed by atoms with Crippen molar-refractivity contribution in [1.29, 1.82) is 0 Å². The van der Waals surface area contributed by atoms with E-state index in [4.69, 9.17) is 0 Å². The molecule has 1 heteroatoms. The summed E-state index contributed by atoms with van der Waals surface area (Å²) in [6, 6.07) is 47.5. The molecule has 0 heterocycles. The molecule has 0 N–H and O–H groups in total. The van der Waals surface area contributed by atoms with E-state index in [9.17, 15) is 0 Å². The number of hydrogen-bond acceptors (Lipinski definition) is 0. The van der Waals surface area contributed by atoms with E-state index >= 15 is 0 Å². The second kappa shape index (κ2) is 12.7. The molecule has 0 aliphatic heterocycles. The zero-order valence-electron chi connectivity index (χ0n) is 23.7. The van der Waals surface area contributed by atoms with E-state index < -0.39 is 0 Å². The van der Waals surface area contributed by atoms with Gasteiger partial charge < -0.3 is 0 Å². The second-order valence-electron chi connectivity index (χ2n) is 10.5. The summed E-state index contributed by atoms with van der Waals surface area (Å²) >= 11 is 1.46. The first-order valence-electron chi connectivity index (χ1n) is 13.8. The average molecular weight is 594 g/mol. The molecule has 0 aliphatic rings. The fourth-order valence-electron chi connectivity index (χ4n) is 5.18. The molecule has 7 rings (SSSR count). The van der Waals surface area contributed by atoms with Crippen LogP contribution in [-0.4, -0.2) is 3.21 Å². The Labute approximate surface area is 253 Å². The predicted molar refractivity (Wildman–Crippen MR) is 172 cm³/mol. The Kier molecular flexibility index (Phi) is 8.83. The summed E-state index contributed by atoms with van der Waals surface area (Å²) in [6.45, 7) is 8.59. The third-order valence-corrected chi connectivity index (χ3v) is 8.81. The molecule has 194 valence electrons. The van der Waals surface area contributed by atoms with Gasteiger partial charge in [-0.3, -0.25) is 0 Å². The zero-order valence-corrected chi connectivity index (χ0v) is 26.2. The molecular weight excluding hydrogens is 560 g/mol. The summed E-state index contributed by atoms with van der Waals surface area (Å²) in [5, 5.41) is 8.24. The zero-order chi connectivity index (χ0) is 28.1. The van der Waals surface area contributed by atoms with Crippen LogP contribution in [0.25, 0.3) is 32.3 Å². The number of rotatable bonds is 2. The molecule has 0 amide bonds. The van der Waals surface area contributed by atoms with Gasteiger partial charge in [0, 0.05) is 0 Å². The molecule has 0 spiro atoms. The maximum atomic E-state index is 2.28. The number of aryl methyl sites for hydroxylation is 4. The van der Waals surface area contributed by atoms with Gasteiger partial charge in [0.25, 0.3) is 0 Å². The fourth-order valence-corrected chi connectivity index (χ4v) is 6.00. The maximum absolute atomic E-state index is 2.28. The fraction of sp³-hybridized carbons (Fsp3) is 0.103. The van der Waals surface area contributed by atoms with Crippen LogP contribution >= 0.6 is 0 Å². The van der Waals surface area contributed by atoms with Crippen LogP contribution in [0.5, 0.6) is 0 Å². The van der Waals surface area contributed by atoms with Crippen molar-refractivity contribution in [2.45, 2.75) is 27.7 Å². The van der Waals surface area contributed by atoms with Gasteiger partial charge in [-0.25, -0.2) is 0 Å². The van der Waals surface area contributed by atoms with Crippen molar-refractivity contribution in [2.75, 3.05) is 0 Å². The van der Waals surface area contributed by atoms with Crippen LogP contribution in [0.4, 0.5) is 0 Å². The van der Waals surface area contributed by atoms with Crippen LogP contribution in [0, 0.1) is 27.7 Å². The van der Waals surface area contributed by atoms with Gasteiger partial charge in [0.2, 0.25) is 0 Å². The average Bonchev–Trinajstić information content (AvgIpc) is 3.54. The molecule has 0 unspecified atom stereocenters. The predicted octanol–water partition coefficient (Wildman–Crippen LogP) is 10.3. The molecule has 7 aromatic rings. The van der Waals surface area contributed by atoms with E-state index in [-0.39, 0.29) is 0 Å². The van der Waals surface area contributed by atoms with Crippen molar-refractivity contribution in [1.82, 2.24) is 0 Å². The third-order valence-electron chi connectivity index (χ3n) is 7.39. The van der Waals surface area contributed by atoms with Gasteiger partial charge >= 0.3 is 99.2 Å². The van der Waals surface area contributed by atoms with Crippen molar-refractivity contribution in [2.24, 2.45) is 0 Å². The Balaban J connectivity index is 0.000000123. The van der Waals surface area contributed by atoms with Gasteiger partial charge in [-0.05, 0) is 13.8 Å². The molecule has 0 atom stereocenters. The Morgan fingerprint density at radius 3 is 1.55 bits per heavy atom. The first-order chi connectivity index (χ1) is 19.4. The number of fused-ring (bicyclic) bond motifs is 4. The summed E-state index contributed by atoms with van der Waals surface area (Å²) in [6.07, 6.45) is 0. The Bertz CT molecular complexity index is 1780. The molecule has 0 bridgehead atoms. The second-order valence-corrected chi connectivity index (χ2v) is 11.7. The van der Waals surface area contributed by atoms with Crippen molar-refractivity contribution in [3.05, 3.63) is 167 Å². The summed E-state index contributed by atoms with van der Waals surface area (Å²) < 4.78 is 1.42. The van der Waals surface area contributed by atoms with Gasteiger partial charge in [0.1, 0.15) is 0 Å². The van der Waals surface area contributed by atoms with Crippen LogP contribution in [0.2, 0.25) is 0 Å². The van der Waals surface area contributed by atoms with Crippen molar-refractivity contribution >= 4 is 35.5 Å². The van der Waals surface area contributed by atoms with Crippen LogP contribution in [0.3, 0.4) is 0 Å². The molecule has 0 fully saturated rings. The van der Waals surface area contributed by atoms with Crippen LogP contribution in [-0.2, 0) is 24.2 Å². The van der Waals surface area contributed by atoms with Gasteiger partial charge in [-0.15, -0.1) is 74.3 Å². The van der Waals surface area contributed by atoms with E-state index in [1.807, 2.05) is 0 Å². The standard InChI is InChI=1S/C15H13.C13H10.C11H11.Zr/c1-10-3-5-14-12(7-10)9-13-8-11(2)4-6-15(13)14;1-3-7-12(8-4-1)11-13-9-5-2-6-10-13;1-8-4-3-5-10-9(2)6-7-11(8)10;/h3-9H,1-2H3;1-10H;3-7H,1-2H3;/q-1;;-1;+2. The molecule has 0 aromatic heterocycles. The molecular formula is C39H34Zr. The Hall–Kier alpha value is -3.67. The first kappa shape index (κ1) is 27.9. The molecule has 0 nitrogen and oxygen atoms in total. The number of hydrogen-bond donors (Lipinski definition) is 0. The van der Waals surface area contributed by atoms with Crippen LogP contribution in [0.15, 0.2) is 133 Å². The first-order valence-corrected chi connectivity index (χ1v) is 15.0. The van der Waals surface area contributed by atoms with Gasteiger partial charge in [0.15, 0.2) is 0 Å². The van der Waals surface area contributed by atoms with E-state index in [1.165, 1.54) is 93.1 Å². The van der Waals surface area contributed by atoms with E-state index in [0.717, 1.165) is 0 Å². The van der Waals surface area contributed by atoms with Crippen LogP contribution in [0.1, 0.15) is 33.4 Å². The summed E-state index contributed by atoms with van der Waals surface area (Å²) in [5.74, 6) is 0. The SMILES string of the molecule is Cc1c[cH-]c2c(C)cccc12.Cc1ccc2c(c1)[cH-]c1cc(C)ccc12.[Zr+2]=[C](c1ccccc1)c1ccccc1.